The number of hydrogen-bond donors (Lipinski definition) is 1. The second kappa shape index (κ2) is 6.76. The lowest BCUT2D eigenvalue weighted by Crippen LogP contribution is -2.60. The van der Waals surface area contributed by atoms with Crippen LogP contribution < -0.4 is 5.32 Å². The summed E-state index contributed by atoms with van der Waals surface area (Å²) in [6.45, 7) is 7.02. The smallest absolute Gasteiger partial charge is 0.238 e. The molecular weight excluding hydrogens is 264 g/mol. The van der Waals surface area contributed by atoms with Crippen LogP contribution in [0.3, 0.4) is 0 Å². The number of carbonyl (C=O) groups excluding carboxylic acids is 1. The summed E-state index contributed by atoms with van der Waals surface area (Å²) in [5.74, 6) is 0.00912. The zero-order chi connectivity index (χ0) is 15.5. The van der Waals surface area contributed by atoms with E-state index in [9.17, 15) is 10.1 Å². The van der Waals surface area contributed by atoms with E-state index in [2.05, 4.69) is 35.2 Å². The van der Waals surface area contributed by atoms with E-state index in [0.29, 0.717) is 6.04 Å². The third-order valence-corrected chi connectivity index (χ3v) is 5.04. The van der Waals surface area contributed by atoms with Crippen molar-refractivity contribution in [2.45, 2.75) is 63.6 Å². The summed E-state index contributed by atoms with van der Waals surface area (Å²) in [6.07, 6.45) is 4.82. The van der Waals surface area contributed by atoms with Gasteiger partial charge in [-0.3, -0.25) is 9.69 Å². The van der Waals surface area contributed by atoms with Crippen LogP contribution in [0, 0.1) is 11.3 Å². The van der Waals surface area contributed by atoms with Crippen LogP contribution >= 0.6 is 0 Å². The SMILES string of the molecule is C[C@H](C(=O)NC1(C#N)CCCCC1)N1CCN(C)C[C@@H]1C. The van der Waals surface area contributed by atoms with E-state index in [-0.39, 0.29) is 11.9 Å². The van der Waals surface area contributed by atoms with Crippen molar-refractivity contribution in [3.8, 4) is 6.07 Å². The molecule has 1 heterocycles. The normalized spacial score (nSPS) is 28.6. The van der Waals surface area contributed by atoms with Crippen LogP contribution in [-0.4, -0.2) is 60.0 Å². The standard InChI is InChI=1S/C16H28N4O/c1-13-11-19(3)9-10-20(13)14(2)15(21)18-16(12-17)7-5-4-6-8-16/h13-14H,4-11H2,1-3H3,(H,18,21)/t13-,14+/m0/s1. The van der Waals surface area contributed by atoms with Crippen LogP contribution in [0.2, 0.25) is 0 Å². The van der Waals surface area contributed by atoms with Crippen LogP contribution in [0.15, 0.2) is 0 Å². The lowest BCUT2D eigenvalue weighted by Gasteiger charge is -2.42. The highest BCUT2D eigenvalue weighted by Gasteiger charge is 2.37. The number of amides is 1. The molecule has 1 aliphatic heterocycles. The van der Waals surface area contributed by atoms with Crippen molar-refractivity contribution in [3.63, 3.8) is 0 Å². The lowest BCUT2D eigenvalue weighted by molar-refractivity contribution is -0.129. The molecular formula is C16H28N4O. The van der Waals surface area contributed by atoms with Gasteiger partial charge in [-0.05, 0) is 33.7 Å². The molecule has 1 saturated carbocycles. The van der Waals surface area contributed by atoms with Gasteiger partial charge in [0.05, 0.1) is 12.1 Å². The van der Waals surface area contributed by atoms with Crippen molar-refractivity contribution >= 4 is 5.91 Å². The minimum absolute atomic E-state index is 0.00912. The molecule has 2 aliphatic rings. The zero-order valence-corrected chi connectivity index (χ0v) is 13.6. The van der Waals surface area contributed by atoms with E-state index in [1.807, 2.05) is 6.92 Å². The molecule has 0 bridgehead atoms. The Kier molecular flexibility index (Phi) is 5.23. The van der Waals surface area contributed by atoms with Gasteiger partial charge in [-0.25, -0.2) is 0 Å². The Balaban J connectivity index is 1.97. The molecule has 0 aromatic rings. The quantitative estimate of drug-likeness (QED) is 0.853. The first kappa shape index (κ1) is 16.3. The number of nitriles is 1. The highest BCUT2D eigenvalue weighted by atomic mass is 16.2. The van der Waals surface area contributed by atoms with Gasteiger partial charge in [0, 0.05) is 25.7 Å². The molecule has 1 N–H and O–H groups in total. The van der Waals surface area contributed by atoms with Crippen LogP contribution in [0.25, 0.3) is 0 Å². The van der Waals surface area contributed by atoms with Gasteiger partial charge < -0.3 is 10.2 Å². The van der Waals surface area contributed by atoms with Crippen molar-refractivity contribution in [2.75, 3.05) is 26.7 Å². The predicted molar refractivity (Wildman–Crippen MR) is 82.7 cm³/mol. The van der Waals surface area contributed by atoms with E-state index < -0.39 is 5.54 Å². The number of nitrogens with one attached hydrogen (secondary N) is 1. The second-order valence-corrected chi connectivity index (χ2v) is 6.77. The fraction of sp³-hybridized carbons (Fsp3) is 0.875. The van der Waals surface area contributed by atoms with Gasteiger partial charge in [0.25, 0.3) is 0 Å². The van der Waals surface area contributed by atoms with E-state index in [0.717, 1.165) is 45.3 Å². The van der Waals surface area contributed by atoms with Crippen LogP contribution in [0.1, 0.15) is 46.0 Å². The largest absolute Gasteiger partial charge is 0.336 e. The molecule has 5 nitrogen and oxygen atoms in total. The molecule has 2 rings (SSSR count). The molecule has 0 spiro atoms. The van der Waals surface area contributed by atoms with Crippen LogP contribution in [0.5, 0.6) is 0 Å². The first-order valence-electron chi connectivity index (χ1n) is 8.15. The predicted octanol–water partition coefficient (Wildman–Crippen LogP) is 1.35. The molecule has 1 amide bonds. The molecule has 2 fully saturated rings. The van der Waals surface area contributed by atoms with E-state index in [1.54, 1.807) is 0 Å². The van der Waals surface area contributed by atoms with Gasteiger partial charge in [-0.15, -0.1) is 0 Å². The number of carbonyl (C=O) groups is 1. The Labute approximate surface area is 128 Å². The summed E-state index contributed by atoms with van der Waals surface area (Å²) in [7, 11) is 2.12. The van der Waals surface area contributed by atoms with Crippen molar-refractivity contribution in [1.29, 1.82) is 5.26 Å². The summed E-state index contributed by atoms with van der Waals surface area (Å²) in [4.78, 5) is 17.1. The van der Waals surface area contributed by atoms with Crippen molar-refractivity contribution in [3.05, 3.63) is 0 Å². The first-order chi connectivity index (χ1) is 9.97. The lowest BCUT2D eigenvalue weighted by atomic mass is 9.82. The highest BCUT2D eigenvalue weighted by molar-refractivity contribution is 5.82. The second-order valence-electron chi connectivity index (χ2n) is 6.77. The Hall–Kier alpha value is -1.12. The number of piperazine rings is 1. The minimum atomic E-state index is -0.626. The summed E-state index contributed by atoms with van der Waals surface area (Å²) < 4.78 is 0. The van der Waals surface area contributed by atoms with Crippen LogP contribution in [0.4, 0.5) is 0 Å². The molecule has 118 valence electrons. The highest BCUT2D eigenvalue weighted by Crippen LogP contribution is 2.28. The minimum Gasteiger partial charge on any atom is -0.336 e. The molecule has 2 atom stereocenters. The third-order valence-electron chi connectivity index (χ3n) is 5.04. The van der Waals surface area contributed by atoms with Gasteiger partial charge in [0.15, 0.2) is 0 Å². The summed E-state index contributed by atoms with van der Waals surface area (Å²) >= 11 is 0. The van der Waals surface area contributed by atoms with Gasteiger partial charge in [-0.2, -0.15) is 5.26 Å². The third kappa shape index (κ3) is 3.75. The molecule has 5 heteroatoms. The Bertz CT molecular complexity index is 411. The van der Waals surface area contributed by atoms with Gasteiger partial charge in [-0.1, -0.05) is 19.3 Å². The van der Waals surface area contributed by atoms with Crippen molar-refractivity contribution < 1.29 is 4.79 Å². The molecule has 0 aromatic carbocycles. The molecule has 0 aromatic heterocycles. The van der Waals surface area contributed by atoms with E-state index in [1.165, 1.54) is 6.42 Å². The number of hydrogen-bond acceptors (Lipinski definition) is 4. The fourth-order valence-electron chi connectivity index (χ4n) is 3.64. The van der Waals surface area contributed by atoms with E-state index >= 15 is 0 Å². The Morgan fingerprint density at radius 2 is 2.00 bits per heavy atom. The molecule has 1 aliphatic carbocycles. The summed E-state index contributed by atoms with van der Waals surface area (Å²) in [5, 5.41) is 12.5. The molecule has 0 unspecified atom stereocenters. The maximum absolute atomic E-state index is 12.6. The monoisotopic (exact) mass is 292 g/mol. The van der Waals surface area contributed by atoms with E-state index in [4.69, 9.17) is 0 Å². The number of likely N-dealkylation sites (N-methyl/N-ethyl adjacent to an activating group) is 1. The van der Waals surface area contributed by atoms with Gasteiger partial charge >= 0.3 is 0 Å². The topological polar surface area (TPSA) is 59.4 Å². The number of nitrogens with zero attached hydrogens (tertiary/aromatic N) is 3. The average molecular weight is 292 g/mol. The fourth-order valence-corrected chi connectivity index (χ4v) is 3.64. The number of rotatable bonds is 3. The Morgan fingerprint density at radius 3 is 2.57 bits per heavy atom. The maximum atomic E-state index is 12.6. The summed E-state index contributed by atoms with van der Waals surface area (Å²) in [5.41, 5.74) is -0.626. The summed E-state index contributed by atoms with van der Waals surface area (Å²) in [6, 6.07) is 2.57. The van der Waals surface area contributed by atoms with Crippen molar-refractivity contribution in [1.82, 2.24) is 15.1 Å². The Morgan fingerprint density at radius 1 is 1.33 bits per heavy atom. The molecule has 21 heavy (non-hydrogen) atoms. The van der Waals surface area contributed by atoms with Crippen LogP contribution in [-0.2, 0) is 4.79 Å². The average Bonchev–Trinajstić information content (AvgIpc) is 2.47. The first-order valence-corrected chi connectivity index (χ1v) is 8.15. The van der Waals surface area contributed by atoms with Gasteiger partial charge in [0.1, 0.15) is 5.54 Å². The zero-order valence-electron chi connectivity index (χ0n) is 13.6. The molecule has 0 radical (unpaired) electrons. The molecule has 1 saturated heterocycles. The van der Waals surface area contributed by atoms with Gasteiger partial charge in [0.2, 0.25) is 5.91 Å². The maximum Gasteiger partial charge on any atom is 0.238 e. The van der Waals surface area contributed by atoms with Crippen molar-refractivity contribution in [2.24, 2.45) is 0 Å².